The van der Waals surface area contributed by atoms with Gasteiger partial charge >= 0.3 is 5.97 Å². The molecule has 0 atom stereocenters. The van der Waals surface area contributed by atoms with Crippen LogP contribution in [0.4, 0.5) is 0 Å². The lowest BCUT2D eigenvalue weighted by atomic mass is 10.0. The molecule has 0 aliphatic carbocycles. The molecule has 1 aromatic heterocycles. The highest BCUT2D eigenvalue weighted by Gasteiger charge is 2.12. The van der Waals surface area contributed by atoms with Gasteiger partial charge in [0.2, 0.25) is 0 Å². The number of carbonyl (C=O) groups excluding carboxylic acids is 1. The SMILES string of the molecule is COc1ccc(-c2ccc(C(=O)OCc3ccccc3)nc2C)cc1. The van der Waals surface area contributed by atoms with Crippen molar-refractivity contribution < 1.29 is 14.3 Å². The third-order valence-electron chi connectivity index (χ3n) is 3.91. The van der Waals surface area contributed by atoms with E-state index in [1.165, 1.54) is 0 Å². The molecule has 1 heterocycles. The summed E-state index contributed by atoms with van der Waals surface area (Å²) in [4.78, 5) is 16.6. The molecule has 0 fully saturated rings. The van der Waals surface area contributed by atoms with Crippen LogP contribution in [0.1, 0.15) is 21.7 Å². The average molecular weight is 333 g/mol. The molecule has 0 saturated carbocycles. The molecule has 0 unspecified atom stereocenters. The Bertz CT molecular complexity index is 858. The summed E-state index contributed by atoms with van der Waals surface area (Å²) in [6.07, 6.45) is 0. The number of nitrogens with zero attached hydrogens (tertiary/aromatic N) is 1. The van der Waals surface area contributed by atoms with Crippen LogP contribution in [0.25, 0.3) is 11.1 Å². The van der Waals surface area contributed by atoms with Crippen LogP contribution in [0, 0.1) is 6.92 Å². The summed E-state index contributed by atoms with van der Waals surface area (Å²) in [7, 11) is 1.64. The van der Waals surface area contributed by atoms with Gasteiger partial charge in [0.15, 0.2) is 0 Å². The molecule has 4 heteroatoms. The fourth-order valence-corrected chi connectivity index (χ4v) is 2.55. The number of benzene rings is 2. The standard InChI is InChI=1S/C21H19NO3/c1-15-19(17-8-10-18(24-2)11-9-17)12-13-20(22-15)21(23)25-14-16-6-4-3-5-7-16/h3-13H,14H2,1-2H3. The summed E-state index contributed by atoms with van der Waals surface area (Å²) in [6.45, 7) is 2.12. The Balaban J connectivity index is 1.73. The summed E-state index contributed by atoms with van der Waals surface area (Å²) in [5.74, 6) is 0.378. The van der Waals surface area contributed by atoms with Gasteiger partial charge in [-0.25, -0.2) is 9.78 Å². The smallest absolute Gasteiger partial charge is 0.357 e. The molecule has 0 aliphatic heterocycles. The van der Waals surface area contributed by atoms with E-state index >= 15 is 0 Å². The minimum Gasteiger partial charge on any atom is -0.497 e. The Morgan fingerprint density at radius 2 is 1.68 bits per heavy atom. The Hall–Kier alpha value is -3.14. The Morgan fingerprint density at radius 1 is 0.960 bits per heavy atom. The summed E-state index contributed by atoms with van der Waals surface area (Å²) < 4.78 is 10.5. The third-order valence-corrected chi connectivity index (χ3v) is 3.91. The maximum absolute atomic E-state index is 12.2. The van der Waals surface area contributed by atoms with Gasteiger partial charge < -0.3 is 9.47 Å². The normalized spacial score (nSPS) is 10.3. The molecule has 4 nitrogen and oxygen atoms in total. The molecular weight excluding hydrogens is 314 g/mol. The summed E-state index contributed by atoms with van der Waals surface area (Å²) in [5, 5.41) is 0. The summed E-state index contributed by atoms with van der Waals surface area (Å²) in [5.41, 5.74) is 4.03. The quantitative estimate of drug-likeness (QED) is 0.648. The average Bonchev–Trinajstić information content (AvgIpc) is 2.67. The van der Waals surface area contributed by atoms with E-state index in [2.05, 4.69) is 4.98 Å². The first-order chi connectivity index (χ1) is 12.2. The van der Waals surface area contributed by atoms with E-state index in [4.69, 9.17) is 9.47 Å². The first-order valence-corrected chi connectivity index (χ1v) is 8.00. The molecular formula is C21H19NO3. The van der Waals surface area contributed by atoms with Crippen LogP contribution in [-0.4, -0.2) is 18.1 Å². The van der Waals surface area contributed by atoms with Crippen LogP contribution in [0.3, 0.4) is 0 Å². The zero-order valence-electron chi connectivity index (χ0n) is 14.2. The van der Waals surface area contributed by atoms with Crippen molar-refractivity contribution in [3.05, 3.63) is 83.7 Å². The van der Waals surface area contributed by atoms with Gasteiger partial charge in [-0.15, -0.1) is 0 Å². The van der Waals surface area contributed by atoms with Crippen molar-refractivity contribution in [2.24, 2.45) is 0 Å². The molecule has 3 aromatic rings. The number of methoxy groups -OCH3 is 1. The molecule has 0 N–H and O–H groups in total. The lowest BCUT2D eigenvalue weighted by Crippen LogP contribution is -2.08. The first-order valence-electron chi connectivity index (χ1n) is 8.00. The van der Waals surface area contributed by atoms with Gasteiger partial charge in [-0.1, -0.05) is 48.5 Å². The predicted molar refractivity (Wildman–Crippen MR) is 96.5 cm³/mol. The zero-order valence-corrected chi connectivity index (χ0v) is 14.2. The number of hydrogen-bond acceptors (Lipinski definition) is 4. The fraction of sp³-hybridized carbons (Fsp3) is 0.143. The molecule has 126 valence electrons. The third kappa shape index (κ3) is 4.04. The van der Waals surface area contributed by atoms with E-state index in [1.54, 1.807) is 13.2 Å². The second-order valence-electron chi connectivity index (χ2n) is 5.62. The monoisotopic (exact) mass is 333 g/mol. The van der Waals surface area contributed by atoms with E-state index in [0.29, 0.717) is 5.69 Å². The minimum absolute atomic E-state index is 0.237. The highest BCUT2D eigenvalue weighted by Crippen LogP contribution is 2.25. The number of ether oxygens (including phenoxy) is 2. The number of pyridine rings is 1. The van der Waals surface area contributed by atoms with E-state index in [1.807, 2.05) is 67.6 Å². The van der Waals surface area contributed by atoms with Gasteiger partial charge in [-0.3, -0.25) is 0 Å². The molecule has 0 saturated heterocycles. The van der Waals surface area contributed by atoms with Crippen molar-refractivity contribution in [3.63, 3.8) is 0 Å². The Morgan fingerprint density at radius 3 is 2.32 bits per heavy atom. The zero-order chi connectivity index (χ0) is 17.6. The molecule has 0 radical (unpaired) electrons. The largest absolute Gasteiger partial charge is 0.497 e. The summed E-state index contributed by atoms with van der Waals surface area (Å²) >= 11 is 0. The van der Waals surface area contributed by atoms with Crippen molar-refractivity contribution in [1.82, 2.24) is 4.98 Å². The Kier molecular flexibility index (Phi) is 5.09. The predicted octanol–water partition coefficient (Wildman–Crippen LogP) is 4.42. The second-order valence-corrected chi connectivity index (χ2v) is 5.62. The maximum atomic E-state index is 12.2. The van der Waals surface area contributed by atoms with Gasteiger partial charge in [0, 0.05) is 11.3 Å². The molecule has 2 aromatic carbocycles. The van der Waals surface area contributed by atoms with Gasteiger partial charge in [0.05, 0.1) is 7.11 Å². The van der Waals surface area contributed by atoms with Crippen LogP contribution in [0.2, 0.25) is 0 Å². The number of hydrogen-bond donors (Lipinski definition) is 0. The molecule has 0 spiro atoms. The molecule has 25 heavy (non-hydrogen) atoms. The summed E-state index contributed by atoms with van der Waals surface area (Å²) in [6, 6.07) is 20.9. The Labute approximate surface area is 147 Å². The lowest BCUT2D eigenvalue weighted by molar-refractivity contribution is 0.0465. The van der Waals surface area contributed by atoms with Crippen LogP contribution < -0.4 is 4.74 Å². The van der Waals surface area contributed by atoms with Crippen LogP contribution in [0.15, 0.2) is 66.7 Å². The van der Waals surface area contributed by atoms with E-state index in [9.17, 15) is 4.79 Å². The number of carbonyl (C=O) groups is 1. The number of aromatic nitrogens is 1. The number of aryl methyl sites for hydroxylation is 1. The van der Waals surface area contributed by atoms with Crippen LogP contribution >= 0.6 is 0 Å². The topological polar surface area (TPSA) is 48.4 Å². The van der Waals surface area contributed by atoms with E-state index < -0.39 is 5.97 Å². The minimum atomic E-state index is -0.423. The van der Waals surface area contributed by atoms with Gasteiger partial charge in [0.1, 0.15) is 18.1 Å². The molecule has 0 bridgehead atoms. The maximum Gasteiger partial charge on any atom is 0.357 e. The molecule has 0 amide bonds. The number of rotatable bonds is 5. The first kappa shape index (κ1) is 16.7. The molecule has 3 rings (SSSR count). The van der Waals surface area contributed by atoms with Crippen molar-refractivity contribution >= 4 is 5.97 Å². The van der Waals surface area contributed by atoms with Gasteiger partial charge in [-0.05, 0) is 36.2 Å². The highest BCUT2D eigenvalue weighted by atomic mass is 16.5. The van der Waals surface area contributed by atoms with Gasteiger partial charge in [-0.2, -0.15) is 0 Å². The van der Waals surface area contributed by atoms with E-state index in [0.717, 1.165) is 28.1 Å². The molecule has 0 aliphatic rings. The van der Waals surface area contributed by atoms with Crippen LogP contribution in [-0.2, 0) is 11.3 Å². The van der Waals surface area contributed by atoms with Crippen LogP contribution in [0.5, 0.6) is 5.75 Å². The van der Waals surface area contributed by atoms with E-state index in [-0.39, 0.29) is 6.61 Å². The highest BCUT2D eigenvalue weighted by molar-refractivity contribution is 5.88. The van der Waals surface area contributed by atoms with Crippen molar-refractivity contribution in [3.8, 4) is 16.9 Å². The van der Waals surface area contributed by atoms with Crippen molar-refractivity contribution in [2.45, 2.75) is 13.5 Å². The second kappa shape index (κ2) is 7.62. The number of esters is 1. The van der Waals surface area contributed by atoms with Gasteiger partial charge in [0.25, 0.3) is 0 Å². The van der Waals surface area contributed by atoms with Crippen molar-refractivity contribution in [1.29, 1.82) is 0 Å². The van der Waals surface area contributed by atoms with Crippen molar-refractivity contribution in [2.75, 3.05) is 7.11 Å². The lowest BCUT2D eigenvalue weighted by Gasteiger charge is -2.09. The fourth-order valence-electron chi connectivity index (χ4n) is 2.55.